The molecule has 1 aromatic heterocycles. The highest BCUT2D eigenvalue weighted by Crippen LogP contribution is 2.26. The first-order chi connectivity index (χ1) is 9.36. The van der Waals surface area contributed by atoms with Crippen LogP contribution in [0, 0.1) is 5.92 Å². The van der Waals surface area contributed by atoms with Gasteiger partial charge < -0.3 is 14.4 Å². The summed E-state index contributed by atoms with van der Waals surface area (Å²) in [7, 11) is 2.11. The molecule has 0 spiro atoms. The molecule has 1 aliphatic rings. The number of carbonyl (C=O) groups is 1. The Morgan fingerprint density at radius 3 is 2.55 bits per heavy atom. The summed E-state index contributed by atoms with van der Waals surface area (Å²) in [4.78, 5) is 16.3. The fourth-order valence-corrected chi connectivity index (χ4v) is 2.71. The van der Waals surface area contributed by atoms with Crippen LogP contribution in [0.2, 0.25) is 0 Å². The molecule has 0 bridgehead atoms. The first-order valence-corrected chi connectivity index (χ1v) is 7.17. The van der Waals surface area contributed by atoms with E-state index < -0.39 is 0 Å². The third-order valence-corrected chi connectivity index (χ3v) is 3.79. The molecule has 0 aliphatic carbocycles. The lowest BCUT2D eigenvalue weighted by Crippen LogP contribution is -2.42. The molecule has 0 N–H and O–H groups in total. The topological polar surface area (TPSA) is 54.3 Å². The Bertz CT molecular complexity index is 437. The molecule has 1 unspecified atom stereocenters. The largest absolute Gasteiger partial charge is 0.338 e. The number of hydrogen-bond donors (Lipinski definition) is 0. The maximum absolute atomic E-state index is 12.0. The van der Waals surface area contributed by atoms with Crippen molar-refractivity contribution in [1.29, 1.82) is 0 Å². The lowest BCUT2D eigenvalue weighted by Gasteiger charge is -2.32. The zero-order chi connectivity index (χ0) is 14.8. The summed E-state index contributed by atoms with van der Waals surface area (Å²) in [5, 5.41) is 7.59. The number of amides is 1. The van der Waals surface area contributed by atoms with E-state index in [4.69, 9.17) is 0 Å². The summed E-state index contributed by atoms with van der Waals surface area (Å²) in [6, 6.07) is 0. The summed E-state index contributed by atoms with van der Waals surface area (Å²) in [5.74, 6) is 0.724. The molecule has 1 fully saturated rings. The van der Waals surface area contributed by atoms with Gasteiger partial charge in [-0.2, -0.15) is 0 Å². The quantitative estimate of drug-likeness (QED) is 0.802. The van der Waals surface area contributed by atoms with Gasteiger partial charge in [-0.1, -0.05) is 0 Å². The summed E-state index contributed by atoms with van der Waals surface area (Å²) < 4.78 is 1.97. The number of rotatable bonds is 5. The van der Waals surface area contributed by atoms with Crippen LogP contribution in [0.3, 0.4) is 0 Å². The molecule has 112 valence electrons. The molecule has 1 atom stereocenters. The highest BCUT2D eigenvalue weighted by molar-refractivity contribution is 5.79. The van der Waals surface area contributed by atoms with Crippen LogP contribution in [0.15, 0.2) is 12.7 Å². The van der Waals surface area contributed by atoms with Crippen molar-refractivity contribution in [3.8, 4) is 0 Å². The second kappa shape index (κ2) is 5.91. The van der Waals surface area contributed by atoms with Crippen molar-refractivity contribution < 1.29 is 4.79 Å². The minimum absolute atomic E-state index is 0.0626. The van der Waals surface area contributed by atoms with E-state index in [-0.39, 0.29) is 11.4 Å². The average molecular weight is 279 g/mol. The minimum Gasteiger partial charge on any atom is -0.338 e. The Kier molecular flexibility index (Phi) is 4.42. The van der Waals surface area contributed by atoms with Crippen LogP contribution in [0.25, 0.3) is 0 Å². The highest BCUT2D eigenvalue weighted by Gasteiger charge is 2.36. The number of likely N-dealkylation sites (N-methyl/N-ethyl adjacent to an activating group) is 1. The van der Waals surface area contributed by atoms with Crippen LogP contribution in [0.5, 0.6) is 0 Å². The van der Waals surface area contributed by atoms with E-state index >= 15 is 0 Å². The standard InChI is InChI=1S/C14H25N5O/c1-14(2,3)19-9-12(7-13(19)20)8-17(4)5-6-18-10-15-16-11-18/h10-12H,5-9H2,1-4H3. The van der Waals surface area contributed by atoms with E-state index in [9.17, 15) is 4.79 Å². The monoisotopic (exact) mass is 279 g/mol. The molecule has 6 nitrogen and oxygen atoms in total. The third-order valence-electron chi connectivity index (χ3n) is 3.79. The van der Waals surface area contributed by atoms with E-state index in [1.165, 1.54) is 0 Å². The van der Waals surface area contributed by atoms with E-state index in [1.54, 1.807) is 12.7 Å². The van der Waals surface area contributed by atoms with Crippen LogP contribution in [-0.4, -0.2) is 62.7 Å². The Morgan fingerprint density at radius 1 is 1.35 bits per heavy atom. The van der Waals surface area contributed by atoms with Gasteiger partial charge in [-0.15, -0.1) is 10.2 Å². The number of carbonyl (C=O) groups excluding carboxylic acids is 1. The van der Waals surface area contributed by atoms with Crippen LogP contribution < -0.4 is 0 Å². The summed E-state index contributed by atoms with van der Waals surface area (Å²) in [6.07, 6.45) is 4.14. The van der Waals surface area contributed by atoms with Crippen molar-refractivity contribution in [3.63, 3.8) is 0 Å². The molecule has 0 saturated carbocycles. The van der Waals surface area contributed by atoms with Crippen LogP contribution >= 0.6 is 0 Å². The maximum Gasteiger partial charge on any atom is 0.223 e. The Hall–Kier alpha value is -1.43. The zero-order valence-electron chi connectivity index (χ0n) is 12.9. The molecule has 0 aromatic carbocycles. The van der Waals surface area contributed by atoms with Gasteiger partial charge in [0.25, 0.3) is 0 Å². The van der Waals surface area contributed by atoms with Gasteiger partial charge >= 0.3 is 0 Å². The summed E-state index contributed by atoms with van der Waals surface area (Å²) >= 11 is 0. The van der Waals surface area contributed by atoms with Crippen molar-refractivity contribution in [2.24, 2.45) is 5.92 Å². The van der Waals surface area contributed by atoms with Crippen LogP contribution in [-0.2, 0) is 11.3 Å². The zero-order valence-corrected chi connectivity index (χ0v) is 12.9. The van der Waals surface area contributed by atoms with Crippen molar-refractivity contribution in [3.05, 3.63) is 12.7 Å². The fourth-order valence-electron chi connectivity index (χ4n) is 2.71. The molecule has 1 saturated heterocycles. The van der Waals surface area contributed by atoms with Crippen LogP contribution in [0.4, 0.5) is 0 Å². The number of hydrogen-bond acceptors (Lipinski definition) is 4. The molecule has 1 amide bonds. The van der Waals surface area contributed by atoms with Gasteiger partial charge in [-0.05, 0) is 33.7 Å². The molecular formula is C14H25N5O. The Morgan fingerprint density at radius 2 is 2.00 bits per heavy atom. The molecule has 1 aliphatic heterocycles. The normalized spacial score (nSPS) is 20.1. The SMILES string of the molecule is CN(CCn1cnnc1)CC1CC(=O)N(C(C)(C)C)C1. The Labute approximate surface area is 120 Å². The Balaban J connectivity index is 1.78. The molecular weight excluding hydrogens is 254 g/mol. The summed E-state index contributed by atoms with van der Waals surface area (Å²) in [5.41, 5.74) is -0.0626. The highest BCUT2D eigenvalue weighted by atomic mass is 16.2. The second-order valence-corrected chi connectivity index (χ2v) is 6.71. The van der Waals surface area contributed by atoms with Gasteiger partial charge in [0.1, 0.15) is 12.7 Å². The molecule has 20 heavy (non-hydrogen) atoms. The minimum atomic E-state index is -0.0626. The van der Waals surface area contributed by atoms with Crippen molar-refractivity contribution in [2.75, 3.05) is 26.7 Å². The van der Waals surface area contributed by atoms with Gasteiger partial charge in [0, 0.05) is 38.1 Å². The van der Waals surface area contributed by atoms with Gasteiger partial charge in [0.2, 0.25) is 5.91 Å². The van der Waals surface area contributed by atoms with Gasteiger partial charge in [-0.25, -0.2) is 0 Å². The molecule has 1 aromatic rings. The average Bonchev–Trinajstić information content (AvgIpc) is 2.95. The van der Waals surface area contributed by atoms with Crippen molar-refractivity contribution in [1.82, 2.24) is 24.6 Å². The van der Waals surface area contributed by atoms with Crippen molar-refractivity contribution in [2.45, 2.75) is 39.3 Å². The van der Waals surface area contributed by atoms with Crippen molar-refractivity contribution >= 4 is 5.91 Å². The smallest absolute Gasteiger partial charge is 0.223 e. The van der Waals surface area contributed by atoms with E-state index in [0.717, 1.165) is 26.2 Å². The maximum atomic E-state index is 12.0. The first-order valence-electron chi connectivity index (χ1n) is 7.17. The van der Waals surface area contributed by atoms with Crippen LogP contribution in [0.1, 0.15) is 27.2 Å². The lowest BCUT2D eigenvalue weighted by atomic mass is 10.1. The third kappa shape index (κ3) is 3.79. The van der Waals surface area contributed by atoms with Gasteiger partial charge in [-0.3, -0.25) is 4.79 Å². The second-order valence-electron chi connectivity index (χ2n) is 6.71. The lowest BCUT2D eigenvalue weighted by molar-refractivity contribution is -0.131. The predicted molar refractivity (Wildman–Crippen MR) is 77.1 cm³/mol. The number of aromatic nitrogens is 3. The van der Waals surface area contributed by atoms with E-state index in [0.29, 0.717) is 12.3 Å². The molecule has 6 heteroatoms. The molecule has 2 heterocycles. The number of nitrogens with zero attached hydrogens (tertiary/aromatic N) is 5. The van der Waals surface area contributed by atoms with Gasteiger partial charge in [0.05, 0.1) is 0 Å². The molecule has 0 radical (unpaired) electrons. The number of likely N-dealkylation sites (tertiary alicyclic amines) is 1. The van der Waals surface area contributed by atoms with Gasteiger partial charge in [0.15, 0.2) is 0 Å². The van der Waals surface area contributed by atoms with E-state index in [1.807, 2.05) is 9.47 Å². The predicted octanol–water partition coefficient (Wildman–Crippen LogP) is 0.857. The van der Waals surface area contributed by atoms with E-state index in [2.05, 4.69) is 42.9 Å². The molecule has 2 rings (SSSR count). The summed E-state index contributed by atoms with van der Waals surface area (Å²) in [6.45, 7) is 9.96. The first kappa shape index (κ1) is 15.0. The fraction of sp³-hybridized carbons (Fsp3) is 0.786.